The van der Waals surface area contributed by atoms with Crippen LogP contribution in [0.1, 0.15) is 0 Å². The Kier molecular flexibility index (Phi) is 16.2. The number of rotatable bonds is 12. The maximum absolute atomic E-state index is 6.05. The van der Waals surface area contributed by atoms with Gasteiger partial charge >= 0.3 is 0 Å². The molecular weight excluding hydrogens is 1360 g/mol. The Labute approximate surface area is 648 Å². The smallest absolute Gasteiger partial charge is 0.135 e. The summed E-state index contributed by atoms with van der Waals surface area (Å²) < 4.78 is 16.9. The van der Waals surface area contributed by atoms with Crippen LogP contribution in [0.5, 0.6) is 0 Å². The number of fused-ring (bicyclic) bond motifs is 12. The number of para-hydroxylation sites is 2. The summed E-state index contributed by atoms with van der Waals surface area (Å²) in [5.41, 5.74) is 34.8. The molecule has 524 valence electrons. The van der Waals surface area contributed by atoms with Gasteiger partial charge in [0.05, 0.1) is 22.1 Å². The zero-order valence-corrected chi connectivity index (χ0v) is 61.1. The molecule has 0 radical (unpaired) electrons. The van der Waals surface area contributed by atoms with Crippen LogP contribution in [0.25, 0.3) is 210 Å². The minimum absolute atomic E-state index is 0.919. The molecule has 0 spiro atoms. The minimum atomic E-state index is 0.919. The summed E-state index contributed by atoms with van der Waals surface area (Å²) in [5.74, 6) is 0. The van der Waals surface area contributed by atoms with Gasteiger partial charge in [0.25, 0.3) is 0 Å². The Morgan fingerprint density at radius 2 is 0.339 bits per heavy atom. The SMILES string of the molecule is c1ccc(-c2ccc3c(c2)c2cc(-c4ccccc4)ccc2n3-c2ccc(-c3ccc(-c4ccc(-c5ccc6oc7ccccc7c6c5)cc4)cc3)cc2)cc1.c1ccc(-c2ccc3c4ccc(-c5ccccc5)cc4n(-c4ccc(-c5ccc(-c6ccc(-c7ccc8oc9ccccc9c8c7)cc6)cc5)cc4)c3c2)cc1. The van der Waals surface area contributed by atoms with E-state index in [-0.39, 0.29) is 0 Å². The summed E-state index contributed by atoms with van der Waals surface area (Å²) in [6.45, 7) is 0. The van der Waals surface area contributed by atoms with Gasteiger partial charge in [-0.1, -0.05) is 328 Å². The van der Waals surface area contributed by atoms with Crippen LogP contribution in [0.3, 0.4) is 0 Å². The standard InChI is InChI=1S/2C54H35NO/c1-3-9-36(10-4-1)44-25-30-47-48-31-26-45(37-11-5-2-6-12-37)35-52(48)55(51(47)34-44)46-28-23-41(24-29-46)40-17-15-38(16-18-40)39-19-21-42(22-20-39)43-27-32-54-50(33-43)49-13-7-8-14-53(49)56-54;1-3-9-36(10-4-1)43-25-30-51-48(33-43)49-34-44(37-11-5-2-6-12-37)26-31-52(49)55(51)46-28-23-41(24-29-46)40-17-15-38(16-18-40)39-19-21-42(22-20-39)45-27-32-54-50(35-45)47-13-7-8-14-53(47)56-54/h2*1-35H. The summed E-state index contributed by atoms with van der Waals surface area (Å²) in [6.07, 6.45) is 0. The molecular formula is C108H70N2O2. The van der Waals surface area contributed by atoms with Crippen LogP contribution in [0, 0.1) is 0 Å². The molecule has 0 saturated carbocycles. The van der Waals surface area contributed by atoms with Gasteiger partial charge in [0.2, 0.25) is 0 Å². The topological polar surface area (TPSA) is 36.1 Å². The molecule has 0 aliphatic rings. The second-order valence-corrected chi connectivity index (χ2v) is 29.1. The first-order valence-electron chi connectivity index (χ1n) is 38.3. The maximum atomic E-state index is 6.05. The number of hydrogen-bond acceptors (Lipinski definition) is 2. The van der Waals surface area contributed by atoms with Crippen molar-refractivity contribution in [3.8, 4) is 123 Å². The Bertz CT molecular complexity index is 7070. The normalized spacial score (nSPS) is 11.6. The van der Waals surface area contributed by atoms with E-state index in [0.29, 0.717) is 0 Å². The lowest BCUT2D eigenvalue weighted by molar-refractivity contribution is 0.668. The largest absolute Gasteiger partial charge is 0.456 e. The zero-order valence-electron chi connectivity index (χ0n) is 61.1. The second-order valence-electron chi connectivity index (χ2n) is 29.1. The number of hydrogen-bond donors (Lipinski definition) is 0. The fraction of sp³-hybridized carbons (Fsp3) is 0. The second kappa shape index (κ2) is 27.7. The quantitative estimate of drug-likeness (QED) is 0.122. The molecule has 0 bridgehead atoms. The van der Waals surface area contributed by atoms with Crippen molar-refractivity contribution in [1.29, 1.82) is 0 Å². The van der Waals surface area contributed by atoms with Crippen LogP contribution in [-0.2, 0) is 0 Å². The fourth-order valence-electron chi connectivity index (χ4n) is 16.7. The van der Waals surface area contributed by atoms with Crippen molar-refractivity contribution < 1.29 is 8.83 Å². The molecule has 0 unspecified atom stereocenters. The lowest BCUT2D eigenvalue weighted by atomic mass is 9.97. The lowest BCUT2D eigenvalue weighted by Crippen LogP contribution is -1.94. The van der Waals surface area contributed by atoms with Gasteiger partial charge in [-0.2, -0.15) is 0 Å². The van der Waals surface area contributed by atoms with E-state index in [0.717, 1.165) is 55.3 Å². The predicted octanol–water partition coefficient (Wildman–Crippen LogP) is 30.0. The number of aromatic nitrogens is 2. The van der Waals surface area contributed by atoms with Gasteiger partial charge in [-0.3, -0.25) is 0 Å². The summed E-state index contributed by atoms with van der Waals surface area (Å²) in [5, 5.41) is 9.60. The average Bonchev–Trinajstić information content (AvgIpc) is 1.59. The van der Waals surface area contributed by atoms with Crippen LogP contribution in [0.15, 0.2) is 433 Å². The van der Waals surface area contributed by atoms with Crippen LogP contribution in [-0.4, -0.2) is 9.13 Å². The maximum Gasteiger partial charge on any atom is 0.135 e. The van der Waals surface area contributed by atoms with Crippen molar-refractivity contribution in [1.82, 2.24) is 9.13 Å². The molecule has 0 N–H and O–H groups in total. The fourth-order valence-corrected chi connectivity index (χ4v) is 16.7. The van der Waals surface area contributed by atoms with E-state index in [9.17, 15) is 0 Å². The Morgan fingerprint density at radius 1 is 0.125 bits per heavy atom. The highest BCUT2D eigenvalue weighted by Crippen LogP contribution is 2.43. The first-order chi connectivity index (χ1) is 55.5. The monoisotopic (exact) mass is 1430 g/mol. The summed E-state index contributed by atoms with van der Waals surface area (Å²) >= 11 is 0. The van der Waals surface area contributed by atoms with Crippen LogP contribution in [0.2, 0.25) is 0 Å². The molecule has 0 atom stereocenters. The minimum Gasteiger partial charge on any atom is -0.456 e. The Balaban J connectivity index is 0.000000141. The Hall–Kier alpha value is -14.8. The molecule has 18 aromatic carbocycles. The van der Waals surface area contributed by atoms with Crippen molar-refractivity contribution in [2.45, 2.75) is 0 Å². The molecule has 112 heavy (non-hydrogen) atoms. The van der Waals surface area contributed by atoms with Crippen LogP contribution >= 0.6 is 0 Å². The van der Waals surface area contributed by atoms with Gasteiger partial charge in [-0.25, -0.2) is 0 Å². The highest BCUT2D eigenvalue weighted by molar-refractivity contribution is 6.14. The number of furan rings is 2. The molecule has 4 nitrogen and oxygen atoms in total. The van der Waals surface area contributed by atoms with E-state index in [1.54, 1.807) is 0 Å². The molecule has 0 saturated heterocycles. The molecule has 0 amide bonds. The van der Waals surface area contributed by atoms with Crippen molar-refractivity contribution in [2.75, 3.05) is 0 Å². The van der Waals surface area contributed by atoms with E-state index in [2.05, 4.69) is 410 Å². The van der Waals surface area contributed by atoms with Gasteiger partial charge in [-0.15, -0.1) is 0 Å². The molecule has 4 aromatic heterocycles. The summed E-state index contributed by atoms with van der Waals surface area (Å²) in [6, 6.07) is 153. The average molecular weight is 1430 g/mol. The van der Waals surface area contributed by atoms with Gasteiger partial charge in [0, 0.05) is 54.5 Å². The third kappa shape index (κ3) is 12.0. The van der Waals surface area contributed by atoms with Gasteiger partial charge < -0.3 is 18.0 Å². The Morgan fingerprint density at radius 3 is 0.661 bits per heavy atom. The van der Waals surface area contributed by atoms with Crippen molar-refractivity contribution in [2.24, 2.45) is 0 Å². The molecule has 4 heteroatoms. The van der Waals surface area contributed by atoms with Gasteiger partial charge in [0.1, 0.15) is 22.3 Å². The molecule has 22 rings (SSSR count). The predicted molar refractivity (Wildman–Crippen MR) is 470 cm³/mol. The molecule has 0 fully saturated rings. The van der Waals surface area contributed by atoms with Crippen LogP contribution in [0.4, 0.5) is 0 Å². The van der Waals surface area contributed by atoms with E-state index < -0.39 is 0 Å². The third-order valence-electron chi connectivity index (χ3n) is 22.5. The molecule has 4 heterocycles. The van der Waals surface area contributed by atoms with E-state index in [1.807, 2.05) is 24.3 Å². The highest BCUT2D eigenvalue weighted by atomic mass is 16.3. The zero-order chi connectivity index (χ0) is 74.0. The number of benzene rings is 18. The summed E-state index contributed by atoms with van der Waals surface area (Å²) in [7, 11) is 0. The highest BCUT2D eigenvalue weighted by Gasteiger charge is 2.19. The van der Waals surface area contributed by atoms with E-state index >= 15 is 0 Å². The van der Waals surface area contributed by atoms with Gasteiger partial charge in [-0.05, 0) is 208 Å². The first kappa shape index (κ1) is 65.5. The first-order valence-corrected chi connectivity index (χ1v) is 38.3. The molecule has 22 aromatic rings. The van der Waals surface area contributed by atoms with E-state index in [4.69, 9.17) is 8.83 Å². The van der Waals surface area contributed by atoms with Crippen LogP contribution < -0.4 is 0 Å². The number of nitrogens with zero attached hydrogens (tertiary/aromatic N) is 2. The van der Waals surface area contributed by atoms with E-state index in [1.165, 1.54) is 155 Å². The third-order valence-corrected chi connectivity index (χ3v) is 22.5. The van der Waals surface area contributed by atoms with Crippen molar-refractivity contribution in [3.05, 3.63) is 425 Å². The molecule has 0 aliphatic carbocycles. The summed E-state index contributed by atoms with van der Waals surface area (Å²) in [4.78, 5) is 0. The lowest BCUT2D eigenvalue weighted by Gasteiger charge is -2.12. The van der Waals surface area contributed by atoms with Crippen molar-refractivity contribution in [3.63, 3.8) is 0 Å². The molecule has 0 aliphatic heterocycles. The van der Waals surface area contributed by atoms with Gasteiger partial charge in [0.15, 0.2) is 0 Å². The van der Waals surface area contributed by atoms with Crippen molar-refractivity contribution >= 4 is 87.5 Å².